The molecule has 216 valence electrons. The number of rotatable bonds is 4. The number of hydrogen-bond donors (Lipinski definition) is 2. The van der Waals surface area contributed by atoms with Gasteiger partial charge in [0.1, 0.15) is 0 Å². The summed E-state index contributed by atoms with van der Waals surface area (Å²) in [5.74, 6) is 3.62. The third kappa shape index (κ3) is 3.84. The molecule has 4 nitrogen and oxygen atoms in total. The number of hydrogen-bond acceptors (Lipinski definition) is 3. The monoisotopic (exact) mass is 526 g/mol. The number of carbonyl (C=O) groups excluding carboxylic acids is 1. The van der Waals surface area contributed by atoms with Crippen LogP contribution in [0.2, 0.25) is 0 Å². The molecule has 0 aromatic carbocycles. The Morgan fingerprint density at radius 3 is 2.34 bits per heavy atom. The highest BCUT2D eigenvalue weighted by Gasteiger charge is 2.68. The topological polar surface area (TPSA) is 52.6 Å². The lowest BCUT2D eigenvalue weighted by molar-refractivity contribution is -0.231. The van der Waals surface area contributed by atoms with Gasteiger partial charge < -0.3 is 15.3 Å². The van der Waals surface area contributed by atoms with Gasteiger partial charge in [-0.05, 0) is 150 Å². The zero-order chi connectivity index (χ0) is 27.1. The molecule has 6 fully saturated rings. The molecule has 10 atom stereocenters. The number of likely N-dealkylation sites (tertiary alicyclic amines) is 1. The van der Waals surface area contributed by atoms with E-state index in [-0.39, 0.29) is 22.5 Å². The third-order valence-corrected chi connectivity index (χ3v) is 14.7. The lowest BCUT2D eigenvalue weighted by atomic mass is 9.34. The number of nitrogens with one attached hydrogen (secondary N) is 1. The molecular weight excluding hydrogens is 468 g/mol. The van der Waals surface area contributed by atoms with Crippen LogP contribution in [0.15, 0.2) is 0 Å². The Hall–Kier alpha value is -0.610. The number of aliphatic hydroxyl groups excluding tert-OH is 1. The smallest absolute Gasteiger partial charge is 0.226 e. The first kappa shape index (κ1) is 27.6. The van der Waals surface area contributed by atoms with Crippen molar-refractivity contribution < 1.29 is 9.90 Å². The molecule has 6 rings (SSSR count). The fourth-order valence-corrected chi connectivity index (χ4v) is 12.4. The molecule has 1 saturated heterocycles. The first-order valence-corrected chi connectivity index (χ1v) is 16.6. The summed E-state index contributed by atoms with van der Waals surface area (Å²) in [6.07, 6.45) is 15.8. The normalized spacial score (nSPS) is 51.0. The number of amides is 1. The van der Waals surface area contributed by atoms with E-state index in [4.69, 9.17) is 0 Å². The molecule has 38 heavy (non-hydrogen) atoms. The van der Waals surface area contributed by atoms with Crippen LogP contribution >= 0.6 is 0 Å². The molecular formula is C34H58N2O2. The van der Waals surface area contributed by atoms with Gasteiger partial charge in [0.25, 0.3) is 0 Å². The van der Waals surface area contributed by atoms with Gasteiger partial charge in [-0.25, -0.2) is 0 Å². The van der Waals surface area contributed by atoms with E-state index >= 15 is 0 Å². The first-order valence-electron chi connectivity index (χ1n) is 16.6. The Balaban J connectivity index is 1.23. The van der Waals surface area contributed by atoms with E-state index < -0.39 is 0 Å². The highest BCUT2D eigenvalue weighted by atomic mass is 16.3. The Morgan fingerprint density at radius 1 is 0.868 bits per heavy atom. The molecule has 5 saturated carbocycles. The molecule has 0 aromatic rings. The molecule has 4 heteroatoms. The molecule has 6 aliphatic rings. The van der Waals surface area contributed by atoms with E-state index in [1.807, 2.05) is 0 Å². The third-order valence-electron chi connectivity index (χ3n) is 14.7. The second kappa shape index (κ2) is 9.20. The Morgan fingerprint density at radius 2 is 1.61 bits per heavy atom. The second-order valence-corrected chi connectivity index (χ2v) is 16.7. The van der Waals surface area contributed by atoms with Crippen LogP contribution in [0, 0.1) is 51.2 Å². The van der Waals surface area contributed by atoms with E-state index in [0.717, 1.165) is 43.6 Å². The number of carbonyl (C=O) groups is 1. The zero-order valence-electron chi connectivity index (χ0n) is 25.6. The highest BCUT2D eigenvalue weighted by Crippen LogP contribution is 2.74. The summed E-state index contributed by atoms with van der Waals surface area (Å²) in [6.45, 7) is 18.0. The van der Waals surface area contributed by atoms with Crippen LogP contribution in [0.4, 0.5) is 0 Å². The predicted molar refractivity (Wildman–Crippen MR) is 155 cm³/mol. The van der Waals surface area contributed by atoms with Gasteiger partial charge in [0, 0.05) is 12.1 Å². The van der Waals surface area contributed by atoms with Gasteiger partial charge in [-0.2, -0.15) is 0 Å². The fourth-order valence-electron chi connectivity index (χ4n) is 12.4. The van der Waals surface area contributed by atoms with Crippen molar-refractivity contribution in [3.05, 3.63) is 0 Å². The summed E-state index contributed by atoms with van der Waals surface area (Å²) < 4.78 is 0. The minimum Gasteiger partial charge on any atom is -0.393 e. The van der Waals surface area contributed by atoms with Gasteiger partial charge in [0.15, 0.2) is 0 Å². The Bertz CT molecular complexity index is 927. The van der Waals surface area contributed by atoms with Gasteiger partial charge in [0.2, 0.25) is 5.91 Å². The van der Waals surface area contributed by atoms with Crippen molar-refractivity contribution in [2.24, 2.45) is 51.2 Å². The van der Waals surface area contributed by atoms with Gasteiger partial charge in [-0.15, -0.1) is 0 Å². The van der Waals surface area contributed by atoms with Crippen LogP contribution in [0.1, 0.15) is 125 Å². The van der Waals surface area contributed by atoms with E-state index in [0.29, 0.717) is 28.6 Å². The maximum atomic E-state index is 14.2. The first-order chi connectivity index (χ1) is 17.9. The van der Waals surface area contributed by atoms with Crippen LogP contribution in [0.5, 0.6) is 0 Å². The molecule has 1 aliphatic heterocycles. The SMILES string of the molecule is CC1C(O)CCC2(C)C3CCC4C5CCCC5(C(=O)NC(C)(C)CN5CCCC5)CCC4C3(C)CCC12C. The summed E-state index contributed by atoms with van der Waals surface area (Å²) in [5.41, 5.74) is 0.677. The van der Waals surface area contributed by atoms with E-state index in [1.54, 1.807) is 0 Å². The summed E-state index contributed by atoms with van der Waals surface area (Å²) in [4.78, 5) is 16.8. The van der Waals surface area contributed by atoms with Crippen molar-refractivity contribution in [1.82, 2.24) is 10.2 Å². The van der Waals surface area contributed by atoms with E-state index in [9.17, 15) is 9.90 Å². The molecule has 5 aliphatic carbocycles. The lowest BCUT2D eigenvalue weighted by Gasteiger charge is -2.71. The van der Waals surface area contributed by atoms with Crippen molar-refractivity contribution in [3.63, 3.8) is 0 Å². The Kier molecular flexibility index (Phi) is 6.67. The lowest BCUT2D eigenvalue weighted by Crippen LogP contribution is -2.65. The molecule has 0 aromatic heterocycles. The van der Waals surface area contributed by atoms with Crippen LogP contribution in [-0.2, 0) is 4.79 Å². The highest BCUT2D eigenvalue weighted by molar-refractivity contribution is 5.84. The van der Waals surface area contributed by atoms with Crippen molar-refractivity contribution in [1.29, 1.82) is 0 Å². The number of fused-ring (bicyclic) bond motifs is 7. The minimum atomic E-state index is -0.158. The van der Waals surface area contributed by atoms with Crippen LogP contribution in [0.3, 0.4) is 0 Å². The molecule has 1 amide bonds. The molecule has 0 bridgehead atoms. The number of aliphatic hydroxyl groups is 1. The van der Waals surface area contributed by atoms with Gasteiger partial charge in [-0.3, -0.25) is 4.79 Å². The summed E-state index contributed by atoms with van der Waals surface area (Å²) in [6, 6.07) is 0. The minimum absolute atomic E-state index is 0.122. The van der Waals surface area contributed by atoms with Crippen molar-refractivity contribution in [2.45, 2.75) is 137 Å². The largest absolute Gasteiger partial charge is 0.393 e. The van der Waals surface area contributed by atoms with Crippen molar-refractivity contribution in [3.8, 4) is 0 Å². The average Bonchev–Trinajstić information content (AvgIpc) is 3.54. The molecule has 2 N–H and O–H groups in total. The maximum Gasteiger partial charge on any atom is 0.226 e. The second-order valence-electron chi connectivity index (χ2n) is 16.7. The summed E-state index contributed by atoms with van der Waals surface area (Å²) in [5, 5.41) is 14.5. The van der Waals surface area contributed by atoms with Gasteiger partial charge in [0.05, 0.1) is 11.5 Å². The standard InChI is InChI=1S/C34H58N2O2/c1-23-27(37)14-16-33(6)28-12-11-24-25(31(28,4)18-19-32(23,33)5)13-17-34(15-9-10-26(24)34)29(38)35-30(2,3)22-36-20-7-8-21-36/h23-28,37H,7-22H2,1-6H3,(H,35,38). The van der Waals surface area contributed by atoms with Crippen molar-refractivity contribution in [2.75, 3.05) is 19.6 Å². The summed E-state index contributed by atoms with van der Waals surface area (Å²) in [7, 11) is 0. The van der Waals surface area contributed by atoms with E-state index in [1.165, 1.54) is 77.3 Å². The van der Waals surface area contributed by atoms with Crippen molar-refractivity contribution >= 4 is 5.91 Å². The van der Waals surface area contributed by atoms with Crippen LogP contribution in [0.25, 0.3) is 0 Å². The number of nitrogens with zero attached hydrogens (tertiary/aromatic N) is 1. The van der Waals surface area contributed by atoms with Gasteiger partial charge >= 0.3 is 0 Å². The molecule has 10 unspecified atom stereocenters. The molecule has 0 radical (unpaired) electrons. The molecule has 1 heterocycles. The van der Waals surface area contributed by atoms with Crippen LogP contribution in [-0.4, -0.2) is 47.2 Å². The fraction of sp³-hybridized carbons (Fsp3) is 0.971. The zero-order valence-corrected chi connectivity index (χ0v) is 25.6. The molecule has 0 spiro atoms. The summed E-state index contributed by atoms with van der Waals surface area (Å²) >= 11 is 0. The average molecular weight is 527 g/mol. The predicted octanol–water partition coefficient (Wildman–Crippen LogP) is 6.80. The van der Waals surface area contributed by atoms with Crippen LogP contribution < -0.4 is 5.32 Å². The van der Waals surface area contributed by atoms with Gasteiger partial charge in [-0.1, -0.05) is 34.1 Å². The van der Waals surface area contributed by atoms with E-state index in [2.05, 4.69) is 51.8 Å². The quantitative estimate of drug-likeness (QED) is 0.423. The Labute approximate surface area is 233 Å². The maximum absolute atomic E-state index is 14.2.